The summed E-state index contributed by atoms with van der Waals surface area (Å²) in [6.45, 7) is 3.30. The highest BCUT2D eigenvalue weighted by atomic mass is 19.1. The Labute approximate surface area is 112 Å². The molecule has 2 N–H and O–H groups in total. The average Bonchev–Trinajstić information content (AvgIpc) is 2.43. The van der Waals surface area contributed by atoms with Crippen LogP contribution in [0.15, 0.2) is 43.0 Å². The number of nitrogens with two attached hydrogens (primary N) is 1. The van der Waals surface area contributed by atoms with Gasteiger partial charge in [0, 0.05) is 6.42 Å². The van der Waals surface area contributed by atoms with Crippen LogP contribution in [-0.4, -0.2) is 25.0 Å². The predicted molar refractivity (Wildman–Crippen MR) is 69.9 cm³/mol. The van der Waals surface area contributed by atoms with Crippen LogP contribution in [-0.2, 0) is 20.9 Å². The first-order valence-corrected chi connectivity index (χ1v) is 5.96. The van der Waals surface area contributed by atoms with Crippen LogP contribution in [0.3, 0.4) is 0 Å². The van der Waals surface area contributed by atoms with Crippen molar-refractivity contribution >= 4 is 5.97 Å². The van der Waals surface area contributed by atoms with Gasteiger partial charge in [0.25, 0.3) is 0 Å². The molecule has 4 nitrogen and oxygen atoms in total. The molecule has 0 heterocycles. The highest BCUT2D eigenvalue weighted by Gasteiger charge is 2.17. The van der Waals surface area contributed by atoms with Crippen LogP contribution in [0, 0.1) is 0 Å². The summed E-state index contributed by atoms with van der Waals surface area (Å²) in [7, 11) is 0. The number of rotatable bonds is 8. The van der Waals surface area contributed by atoms with Gasteiger partial charge in [0.15, 0.2) is 0 Å². The Morgan fingerprint density at radius 1 is 1.42 bits per heavy atom. The maximum Gasteiger partial charge on any atom is 0.325 e. The van der Waals surface area contributed by atoms with Gasteiger partial charge in [-0.25, -0.2) is 4.39 Å². The van der Waals surface area contributed by atoms with Gasteiger partial charge in [0.1, 0.15) is 12.6 Å². The van der Waals surface area contributed by atoms with E-state index < -0.39 is 18.4 Å². The van der Waals surface area contributed by atoms with Crippen LogP contribution >= 0.6 is 0 Å². The second kappa shape index (κ2) is 8.39. The Morgan fingerprint density at radius 2 is 2.11 bits per heavy atom. The van der Waals surface area contributed by atoms with E-state index in [1.807, 2.05) is 30.3 Å². The summed E-state index contributed by atoms with van der Waals surface area (Å²) < 4.78 is 22.7. The zero-order valence-corrected chi connectivity index (χ0v) is 10.6. The molecule has 1 aromatic rings. The van der Waals surface area contributed by atoms with Gasteiger partial charge in [-0.05, 0) is 5.56 Å². The number of ether oxygens (including phenoxy) is 2. The highest BCUT2D eigenvalue weighted by molar-refractivity contribution is 5.75. The van der Waals surface area contributed by atoms with Gasteiger partial charge in [-0.15, -0.1) is 6.58 Å². The molecule has 1 aromatic carbocycles. The minimum absolute atomic E-state index is 0.0613. The number of esters is 1. The first kappa shape index (κ1) is 15.3. The Balaban J connectivity index is 2.27. The van der Waals surface area contributed by atoms with Crippen molar-refractivity contribution in [2.75, 3.05) is 6.61 Å². The van der Waals surface area contributed by atoms with Gasteiger partial charge in [-0.2, -0.15) is 0 Å². The third-order valence-electron chi connectivity index (χ3n) is 2.34. The summed E-state index contributed by atoms with van der Waals surface area (Å²) in [5.74, 6) is -0.616. The van der Waals surface area contributed by atoms with Crippen LogP contribution in [0.1, 0.15) is 12.0 Å². The molecule has 0 fully saturated rings. The fourth-order valence-electron chi connectivity index (χ4n) is 1.31. The van der Waals surface area contributed by atoms with E-state index in [9.17, 15) is 9.18 Å². The second-order valence-electron chi connectivity index (χ2n) is 3.97. The van der Waals surface area contributed by atoms with Gasteiger partial charge in [0.2, 0.25) is 6.36 Å². The number of halogens is 1. The largest absolute Gasteiger partial charge is 0.460 e. The fraction of sp³-hybridized carbons (Fsp3) is 0.357. The van der Waals surface area contributed by atoms with Crippen molar-refractivity contribution in [1.29, 1.82) is 0 Å². The quantitative estimate of drug-likeness (QED) is 0.577. The second-order valence-corrected chi connectivity index (χ2v) is 3.97. The van der Waals surface area contributed by atoms with Crippen molar-refractivity contribution < 1.29 is 18.7 Å². The number of carbonyl (C=O) groups is 1. The molecule has 104 valence electrons. The van der Waals surface area contributed by atoms with E-state index in [-0.39, 0.29) is 19.6 Å². The molecule has 0 saturated carbocycles. The van der Waals surface area contributed by atoms with E-state index in [0.29, 0.717) is 0 Å². The molecule has 0 amide bonds. The first-order chi connectivity index (χ1) is 9.13. The van der Waals surface area contributed by atoms with Crippen LogP contribution in [0.5, 0.6) is 0 Å². The molecular weight excluding hydrogens is 249 g/mol. The smallest absolute Gasteiger partial charge is 0.325 e. The normalized spacial score (nSPS) is 13.6. The van der Waals surface area contributed by atoms with E-state index in [0.717, 1.165) is 5.56 Å². The van der Waals surface area contributed by atoms with Gasteiger partial charge in [-0.1, -0.05) is 36.4 Å². The third-order valence-corrected chi connectivity index (χ3v) is 2.34. The first-order valence-electron chi connectivity index (χ1n) is 5.96. The summed E-state index contributed by atoms with van der Waals surface area (Å²) in [5, 5.41) is 0. The zero-order chi connectivity index (χ0) is 14.1. The minimum Gasteiger partial charge on any atom is -0.460 e. The van der Waals surface area contributed by atoms with Crippen molar-refractivity contribution in [2.24, 2.45) is 5.73 Å². The maximum atomic E-state index is 13.0. The lowest BCUT2D eigenvalue weighted by molar-refractivity contribution is -0.149. The van der Waals surface area contributed by atoms with Crippen LogP contribution < -0.4 is 5.73 Å². The lowest BCUT2D eigenvalue weighted by atomic mass is 10.2. The standard InChI is InChI=1S/C14H18FNO3/c1-2-6-13(15)18-10-12(16)14(17)19-9-11-7-4-3-5-8-11/h2-5,7-8,12-13H,1,6,9-10,16H2. The molecule has 2 atom stereocenters. The monoisotopic (exact) mass is 267 g/mol. The molecule has 0 aliphatic carbocycles. The number of benzene rings is 1. The van der Waals surface area contributed by atoms with Crippen molar-refractivity contribution in [3.05, 3.63) is 48.6 Å². The highest BCUT2D eigenvalue weighted by Crippen LogP contribution is 2.04. The van der Waals surface area contributed by atoms with Crippen molar-refractivity contribution in [3.63, 3.8) is 0 Å². The van der Waals surface area contributed by atoms with Gasteiger partial charge in [0.05, 0.1) is 6.61 Å². The molecule has 0 bridgehead atoms. The molecule has 2 unspecified atom stereocenters. The molecular formula is C14H18FNO3. The lowest BCUT2D eigenvalue weighted by Crippen LogP contribution is -2.37. The van der Waals surface area contributed by atoms with Crippen molar-refractivity contribution in [3.8, 4) is 0 Å². The van der Waals surface area contributed by atoms with Gasteiger partial charge < -0.3 is 15.2 Å². The molecule has 0 aromatic heterocycles. The summed E-state index contributed by atoms with van der Waals surface area (Å²) in [6, 6.07) is 8.22. The molecule has 1 rings (SSSR count). The number of hydrogen-bond donors (Lipinski definition) is 1. The van der Waals surface area contributed by atoms with E-state index in [4.69, 9.17) is 15.2 Å². The zero-order valence-electron chi connectivity index (χ0n) is 10.6. The molecule has 0 aliphatic heterocycles. The minimum atomic E-state index is -1.49. The summed E-state index contributed by atoms with van der Waals surface area (Å²) in [6.07, 6.45) is -0.0409. The SMILES string of the molecule is C=CCC(F)OCC(N)C(=O)OCc1ccccc1. The average molecular weight is 267 g/mol. The Bertz CT molecular complexity index is 397. The molecule has 0 aliphatic rings. The number of carbonyl (C=O) groups excluding carboxylic acids is 1. The molecule has 0 radical (unpaired) electrons. The third kappa shape index (κ3) is 6.13. The Kier molecular flexibility index (Phi) is 6.78. The summed E-state index contributed by atoms with van der Waals surface area (Å²) >= 11 is 0. The predicted octanol–water partition coefficient (Wildman–Crippen LogP) is 1.95. The van der Waals surface area contributed by atoms with Gasteiger partial charge >= 0.3 is 5.97 Å². The van der Waals surface area contributed by atoms with Crippen molar-refractivity contribution in [1.82, 2.24) is 0 Å². The molecule has 0 spiro atoms. The summed E-state index contributed by atoms with van der Waals surface area (Å²) in [5.41, 5.74) is 6.39. The topological polar surface area (TPSA) is 61.5 Å². The maximum absolute atomic E-state index is 13.0. The van der Waals surface area contributed by atoms with E-state index in [2.05, 4.69) is 6.58 Å². The molecule has 19 heavy (non-hydrogen) atoms. The summed E-state index contributed by atoms with van der Waals surface area (Å²) in [4.78, 5) is 11.5. The number of alkyl halides is 1. The van der Waals surface area contributed by atoms with E-state index >= 15 is 0 Å². The van der Waals surface area contributed by atoms with Crippen molar-refractivity contribution in [2.45, 2.75) is 25.4 Å². The fourth-order valence-corrected chi connectivity index (χ4v) is 1.31. The Morgan fingerprint density at radius 3 is 2.74 bits per heavy atom. The van der Waals surface area contributed by atoms with Gasteiger partial charge in [-0.3, -0.25) is 4.79 Å². The van der Waals surface area contributed by atoms with Crippen LogP contribution in [0.2, 0.25) is 0 Å². The van der Waals surface area contributed by atoms with E-state index in [1.165, 1.54) is 6.08 Å². The molecule has 0 saturated heterocycles. The molecule has 5 heteroatoms. The van der Waals surface area contributed by atoms with E-state index in [1.54, 1.807) is 0 Å². The lowest BCUT2D eigenvalue weighted by Gasteiger charge is -2.13. The Hall–Kier alpha value is -1.72. The number of hydrogen-bond acceptors (Lipinski definition) is 4. The van der Waals surface area contributed by atoms with Crippen LogP contribution in [0.4, 0.5) is 4.39 Å². The van der Waals surface area contributed by atoms with Crippen LogP contribution in [0.25, 0.3) is 0 Å².